The van der Waals surface area contributed by atoms with Gasteiger partial charge in [0.1, 0.15) is 6.07 Å². The summed E-state index contributed by atoms with van der Waals surface area (Å²) in [6.45, 7) is 1.86. The number of nitriles is 1. The molecule has 22 heavy (non-hydrogen) atoms. The van der Waals surface area contributed by atoms with E-state index in [1.54, 1.807) is 0 Å². The second-order valence-corrected chi connectivity index (χ2v) is 4.61. The highest BCUT2D eigenvalue weighted by Gasteiger charge is 2.31. The number of benzene rings is 1. The Labute approximate surface area is 126 Å². The number of hydrogen-bond donors (Lipinski definition) is 0. The first-order valence-electron chi connectivity index (χ1n) is 6.55. The van der Waals surface area contributed by atoms with Gasteiger partial charge in [-0.05, 0) is 35.7 Å². The highest BCUT2D eigenvalue weighted by Crippen LogP contribution is 2.35. The van der Waals surface area contributed by atoms with Crippen LogP contribution in [0.4, 0.5) is 13.2 Å². The van der Waals surface area contributed by atoms with Gasteiger partial charge in [-0.2, -0.15) is 18.4 Å². The van der Waals surface area contributed by atoms with E-state index >= 15 is 0 Å². The molecule has 2 aromatic rings. The van der Waals surface area contributed by atoms with Crippen molar-refractivity contribution in [2.24, 2.45) is 0 Å². The molecular formula is C16H13F3N2O. The molecule has 1 aromatic carbocycles. The van der Waals surface area contributed by atoms with Crippen LogP contribution >= 0.6 is 0 Å². The Hall–Kier alpha value is -2.55. The average Bonchev–Trinajstić information content (AvgIpc) is 2.52. The predicted molar refractivity (Wildman–Crippen MR) is 75.3 cm³/mol. The molecule has 2 rings (SSSR count). The van der Waals surface area contributed by atoms with E-state index in [0.29, 0.717) is 17.5 Å². The van der Waals surface area contributed by atoms with Crippen molar-refractivity contribution in [3.05, 3.63) is 47.3 Å². The van der Waals surface area contributed by atoms with Crippen molar-refractivity contribution in [2.45, 2.75) is 19.5 Å². The second-order valence-electron chi connectivity index (χ2n) is 4.61. The van der Waals surface area contributed by atoms with E-state index in [-0.39, 0.29) is 11.4 Å². The van der Waals surface area contributed by atoms with Crippen molar-refractivity contribution >= 4 is 0 Å². The number of rotatable bonds is 3. The number of ether oxygens (including phenoxy) is 1. The van der Waals surface area contributed by atoms with Crippen molar-refractivity contribution in [1.29, 1.82) is 5.26 Å². The molecule has 0 fully saturated rings. The number of hydrogen-bond acceptors (Lipinski definition) is 3. The fourth-order valence-electron chi connectivity index (χ4n) is 2.16. The summed E-state index contributed by atoms with van der Waals surface area (Å²) < 4.78 is 43.8. The van der Waals surface area contributed by atoms with E-state index in [2.05, 4.69) is 4.98 Å². The molecule has 0 saturated heterocycles. The van der Waals surface area contributed by atoms with Gasteiger partial charge in [0.15, 0.2) is 11.4 Å². The maximum atomic E-state index is 12.9. The summed E-state index contributed by atoms with van der Waals surface area (Å²) in [7, 11) is 1.38. The van der Waals surface area contributed by atoms with Crippen molar-refractivity contribution in [2.75, 3.05) is 7.11 Å². The van der Waals surface area contributed by atoms with Gasteiger partial charge in [0.05, 0.1) is 12.7 Å². The van der Waals surface area contributed by atoms with Gasteiger partial charge in [-0.3, -0.25) is 0 Å². The number of nitrogens with zero attached hydrogens (tertiary/aromatic N) is 2. The molecule has 6 heteroatoms. The molecular weight excluding hydrogens is 293 g/mol. The first kappa shape index (κ1) is 15.8. The highest BCUT2D eigenvalue weighted by atomic mass is 19.4. The molecule has 0 aliphatic rings. The van der Waals surface area contributed by atoms with Crippen LogP contribution in [0.25, 0.3) is 11.1 Å². The van der Waals surface area contributed by atoms with Crippen molar-refractivity contribution < 1.29 is 17.9 Å². The van der Waals surface area contributed by atoms with Crippen LogP contribution in [-0.2, 0) is 12.6 Å². The molecule has 0 aliphatic carbocycles. The predicted octanol–water partition coefficient (Wildman–Crippen LogP) is 4.21. The molecule has 114 valence electrons. The fourth-order valence-corrected chi connectivity index (χ4v) is 2.16. The summed E-state index contributed by atoms with van der Waals surface area (Å²) >= 11 is 0. The Morgan fingerprint density at radius 1 is 1.27 bits per heavy atom. The molecule has 0 radical (unpaired) electrons. The van der Waals surface area contributed by atoms with Crippen LogP contribution in [0.3, 0.4) is 0 Å². The van der Waals surface area contributed by atoms with E-state index in [4.69, 9.17) is 10.00 Å². The van der Waals surface area contributed by atoms with Crippen LogP contribution in [0.1, 0.15) is 23.7 Å². The summed E-state index contributed by atoms with van der Waals surface area (Å²) in [6.07, 6.45) is -2.45. The Balaban J connectivity index is 2.63. The average molecular weight is 306 g/mol. The summed E-state index contributed by atoms with van der Waals surface area (Å²) in [5.74, 6) is 0.236. The van der Waals surface area contributed by atoms with E-state index in [1.807, 2.05) is 13.0 Å². The number of alkyl halides is 3. The number of aryl methyl sites for hydroxylation is 1. The number of aromatic nitrogens is 1. The second kappa shape index (κ2) is 6.06. The molecule has 1 aromatic heterocycles. The van der Waals surface area contributed by atoms with Gasteiger partial charge in [-0.15, -0.1) is 0 Å². The van der Waals surface area contributed by atoms with Gasteiger partial charge in [-0.25, -0.2) is 4.98 Å². The lowest BCUT2D eigenvalue weighted by Gasteiger charge is -2.13. The SMILES string of the molecule is CCc1ccc(C(F)(F)F)cc1-c1cnc(C#N)c(OC)c1. The van der Waals surface area contributed by atoms with Crippen LogP contribution in [0, 0.1) is 11.3 Å². The molecule has 0 spiro atoms. The van der Waals surface area contributed by atoms with Gasteiger partial charge in [0.25, 0.3) is 0 Å². The van der Waals surface area contributed by atoms with Crippen LogP contribution in [0.2, 0.25) is 0 Å². The van der Waals surface area contributed by atoms with Gasteiger partial charge in [0.2, 0.25) is 0 Å². The number of pyridine rings is 1. The largest absolute Gasteiger partial charge is 0.494 e. The van der Waals surface area contributed by atoms with Crippen LogP contribution in [0.15, 0.2) is 30.5 Å². The lowest BCUT2D eigenvalue weighted by atomic mass is 9.96. The third-order valence-electron chi connectivity index (χ3n) is 3.31. The lowest BCUT2D eigenvalue weighted by molar-refractivity contribution is -0.137. The molecule has 1 heterocycles. The van der Waals surface area contributed by atoms with E-state index < -0.39 is 11.7 Å². The summed E-state index contributed by atoms with van der Waals surface area (Å²) in [6, 6.07) is 7.03. The van der Waals surface area contributed by atoms with Crippen molar-refractivity contribution in [3.8, 4) is 22.9 Å². The van der Waals surface area contributed by atoms with E-state index in [1.165, 1.54) is 25.4 Å². The van der Waals surface area contributed by atoms with Gasteiger partial charge >= 0.3 is 6.18 Å². The molecule has 0 saturated carbocycles. The first-order chi connectivity index (χ1) is 10.4. The maximum Gasteiger partial charge on any atom is 0.416 e. The summed E-state index contributed by atoms with van der Waals surface area (Å²) in [4.78, 5) is 3.94. The molecule has 0 unspecified atom stereocenters. The minimum atomic E-state index is -4.41. The lowest BCUT2D eigenvalue weighted by Crippen LogP contribution is -2.06. The molecule has 0 aliphatic heterocycles. The highest BCUT2D eigenvalue weighted by molar-refractivity contribution is 5.69. The van der Waals surface area contributed by atoms with Crippen molar-refractivity contribution in [3.63, 3.8) is 0 Å². The quantitative estimate of drug-likeness (QED) is 0.853. The van der Waals surface area contributed by atoms with Crippen LogP contribution < -0.4 is 4.74 Å². The number of halogens is 3. The van der Waals surface area contributed by atoms with Gasteiger partial charge in [0, 0.05) is 11.8 Å². The third-order valence-corrected chi connectivity index (χ3v) is 3.31. The minimum Gasteiger partial charge on any atom is -0.494 e. The van der Waals surface area contributed by atoms with Crippen LogP contribution in [-0.4, -0.2) is 12.1 Å². The Bertz CT molecular complexity index is 733. The summed E-state index contributed by atoms with van der Waals surface area (Å²) in [5, 5.41) is 8.92. The third kappa shape index (κ3) is 3.03. The molecule has 0 amide bonds. The summed E-state index contributed by atoms with van der Waals surface area (Å²) in [5.41, 5.74) is 1.06. The molecule has 3 nitrogen and oxygen atoms in total. The Kier molecular flexibility index (Phi) is 4.36. The standard InChI is InChI=1S/C16H13F3N2O/c1-3-10-4-5-12(16(17,18)19)7-13(10)11-6-15(22-2)14(8-20)21-9-11/h4-7,9H,3H2,1-2H3. The number of methoxy groups -OCH3 is 1. The maximum absolute atomic E-state index is 12.9. The Morgan fingerprint density at radius 3 is 2.55 bits per heavy atom. The fraction of sp³-hybridized carbons (Fsp3) is 0.250. The molecule has 0 N–H and O–H groups in total. The smallest absolute Gasteiger partial charge is 0.416 e. The minimum absolute atomic E-state index is 0.0938. The normalized spacial score (nSPS) is 11.1. The molecule has 0 bridgehead atoms. The molecule has 0 atom stereocenters. The monoisotopic (exact) mass is 306 g/mol. The zero-order chi connectivity index (χ0) is 16.3. The van der Waals surface area contributed by atoms with E-state index in [9.17, 15) is 13.2 Å². The topological polar surface area (TPSA) is 45.9 Å². The van der Waals surface area contributed by atoms with Crippen molar-refractivity contribution in [1.82, 2.24) is 4.98 Å². The van der Waals surface area contributed by atoms with E-state index in [0.717, 1.165) is 17.7 Å². The Morgan fingerprint density at radius 2 is 2.00 bits per heavy atom. The zero-order valence-electron chi connectivity index (χ0n) is 12.0. The van der Waals surface area contributed by atoms with Crippen LogP contribution in [0.5, 0.6) is 5.75 Å². The van der Waals surface area contributed by atoms with Gasteiger partial charge < -0.3 is 4.74 Å². The first-order valence-corrected chi connectivity index (χ1v) is 6.55. The van der Waals surface area contributed by atoms with Gasteiger partial charge in [-0.1, -0.05) is 13.0 Å². The zero-order valence-corrected chi connectivity index (χ0v) is 12.0.